The van der Waals surface area contributed by atoms with Crippen molar-refractivity contribution in [3.05, 3.63) is 0 Å². The molecule has 1 amide bonds. The minimum absolute atomic E-state index is 0.0340. The first kappa shape index (κ1) is 12.0. The van der Waals surface area contributed by atoms with Crippen molar-refractivity contribution < 1.29 is 9.53 Å². The van der Waals surface area contributed by atoms with Crippen LogP contribution >= 0.6 is 0 Å². The summed E-state index contributed by atoms with van der Waals surface area (Å²) in [6, 6.07) is 0. The molecule has 0 aromatic carbocycles. The van der Waals surface area contributed by atoms with E-state index in [1.54, 1.807) is 7.11 Å². The van der Waals surface area contributed by atoms with Crippen LogP contribution in [0.5, 0.6) is 0 Å². The SMILES string of the molecule is COCCNC(=O)CCN1CCCC1=N. The molecule has 0 unspecified atom stereocenters. The number of nitrogens with one attached hydrogen (secondary N) is 2. The number of rotatable bonds is 6. The highest BCUT2D eigenvalue weighted by Crippen LogP contribution is 2.09. The Kier molecular flexibility index (Phi) is 5.10. The van der Waals surface area contributed by atoms with Crippen LogP contribution in [0.25, 0.3) is 0 Å². The maximum absolute atomic E-state index is 11.3. The van der Waals surface area contributed by atoms with Gasteiger partial charge in [-0.1, -0.05) is 0 Å². The Balaban J connectivity index is 2.08. The van der Waals surface area contributed by atoms with Crippen LogP contribution in [0.4, 0.5) is 0 Å². The van der Waals surface area contributed by atoms with Gasteiger partial charge in [0.15, 0.2) is 0 Å². The lowest BCUT2D eigenvalue weighted by atomic mass is 10.3. The first-order valence-corrected chi connectivity index (χ1v) is 5.32. The molecule has 0 aromatic heterocycles. The predicted octanol–water partition coefficient (Wildman–Crippen LogP) is 0.212. The largest absolute Gasteiger partial charge is 0.383 e. The van der Waals surface area contributed by atoms with E-state index in [0.29, 0.717) is 32.0 Å². The summed E-state index contributed by atoms with van der Waals surface area (Å²) in [5.41, 5.74) is 0. The van der Waals surface area contributed by atoms with Gasteiger partial charge in [0.1, 0.15) is 0 Å². The number of hydrogen-bond acceptors (Lipinski definition) is 3. The van der Waals surface area contributed by atoms with Crippen molar-refractivity contribution in [2.75, 3.05) is 33.4 Å². The normalized spacial score (nSPS) is 15.8. The van der Waals surface area contributed by atoms with Crippen molar-refractivity contribution in [1.29, 1.82) is 5.41 Å². The summed E-state index contributed by atoms with van der Waals surface area (Å²) in [6.07, 6.45) is 2.36. The summed E-state index contributed by atoms with van der Waals surface area (Å²) in [7, 11) is 1.61. The fourth-order valence-corrected chi connectivity index (χ4v) is 1.59. The van der Waals surface area contributed by atoms with E-state index in [0.717, 1.165) is 19.4 Å². The van der Waals surface area contributed by atoms with Crippen LogP contribution in [-0.4, -0.2) is 50.0 Å². The van der Waals surface area contributed by atoms with Gasteiger partial charge in [0, 0.05) is 39.6 Å². The number of carbonyl (C=O) groups excluding carboxylic acids is 1. The second kappa shape index (κ2) is 6.40. The second-order valence-corrected chi connectivity index (χ2v) is 3.63. The molecule has 0 atom stereocenters. The van der Waals surface area contributed by atoms with Crippen LogP contribution in [0, 0.1) is 5.41 Å². The molecule has 5 nitrogen and oxygen atoms in total. The molecule has 0 aromatic rings. The smallest absolute Gasteiger partial charge is 0.221 e. The lowest BCUT2D eigenvalue weighted by Gasteiger charge is -2.16. The van der Waals surface area contributed by atoms with Crippen LogP contribution < -0.4 is 5.32 Å². The zero-order valence-electron chi connectivity index (χ0n) is 9.21. The fourth-order valence-electron chi connectivity index (χ4n) is 1.59. The van der Waals surface area contributed by atoms with Gasteiger partial charge < -0.3 is 15.0 Å². The van der Waals surface area contributed by atoms with Crippen molar-refractivity contribution in [1.82, 2.24) is 10.2 Å². The quantitative estimate of drug-likeness (QED) is 0.620. The Morgan fingerprint density at radius 3 is 3.07 bits per heavy atom. The van der Waals surface area contributed by atoms with E-state index in [1.165, 1.54) is 0 Å². The van der Waals surface area contributed by atoms with E-state index >= 15 is 0 Å². The molecule has 0 saturated carbocycles. The van der Waals surface area contributed by atoms with Gasteiger partial charge in [-0.15, -0.1) is 0 Å². The van der Waals surface area contributed by atoms with E-state index in [2.05, 4.69) is 5.32 Å². The summed E-state index contributed by atoms with van der Waals surface area (Å²) in [4.78, 5) is 13.3. The van der Waals surface area contributed by atoms with Crippen molar-refractivity contribution in [2.24, 2.45) is 0 Å². The Morgan fingerprint density at radius 2 is 2.47 bits per heavy atom. The van der Waals surface area contributed by atoms with Gasteiger partial charge in [-0.2, -0.15) is 0 Å². The molecule has 0 radical (unpaired) electrons. The highest BCUT2D eigenvalue weighted by atomic mass is 16.5. The molecule has 1 heterocycles. The zero-order valence-corrected chi connectivity index (χ0v) is 9.21. The number of methoxy groups -OCH3 is 1. The van der Waals surface area contributed by atoms with Gasteiger partial charge in [0.2, 0.25) is 5.91 Å². The molecule has 15 heavy (non-hydrogen) atoms. The minimum atomic E-state index is 0.0340. The number of likely N-dealkylation sites (tertiary alicyclic amines) is 1. The molecular formula is C10H19N3O2. The van der Waals surface area contributed by atoms with E-state index < -0.39 is 0 Å². The van der Waals surface area contributed by atoms with E-state index in [9.17, 15) is 4.79 Å². The number of nitrogens with zero attached hydrogens (tertiary/aromatic N) is 1. The van der Waals surface area contributed by atoms with Crippen LogP contribution in [0.15, 0.2) is 0 Å². The second-order valence-electron chi connectivity index (χ2n) is 3.63. The van der Waals surface area contributed by atoms with Gasteiger partial charge in [0.05, 0.1) is 12.4 Å². The molecule has 5 heteroatoms. The summed E-state index contributed by atoms with van der Waals surface area (Å²) in [5.74, 6) is 0.700. The third-order valence-electron chi connectivity index (χ3n) is 2.46. The van der Waals surface area contributed by atoms with Gasteiger partial charge >= 0.3 is 0 Å². The van der Waals surface area contributed by atoms with E-state index in [-0.39, 0.29) is 5.91 Å². The van der Waals surface area contributed by atoms with Gasteiger partial charge in [-0.05, 0) is 6.42 Å². The number of carbonyl (C=O) groups is 1. The zero-order chi connectivity index (χ0) is 11.1. The Labute approximate surface area is 90.3 Å². The average Bonchev–Trinajstić information content (AvgIpc) is 2.61. The molecule has 2 N–H and O–H groups in total. The monoisotopic (exact) mass is 213 g/mol. The summed E-state index contributed by atoms with van der Waals surface area (Å²) < 4.78 is 4.83. The lowest BCUT2D eigenvalue weighted by Crippen LogP contribution is -2.32. The molecular weight excluding hydrogens is 194 g/mol. The number of amides is 1. The van der Waals surface area contributed by atoms with E-state index in [1.807, 2.05) is 4.90 Å². The van der Waals surface area contributed by atoms with Crippen LogP contribution in [0.3, 0.4) is 0 Å². The molecule has 1 rings (SSSR count). The Hall–Kier alpha value is -1.10. The maximum Gasteiger partial charge on any atom is 0.221 e. The van der Waals surface area contributed by atoms with E-state index in [4.69, 9.17) is 10.1 Å². The maximum atomic E-state index is 11.3. The highest BCUT2D eigenvalue weighted by Gasteiger charge is 2.16. The fraction of sp³-hybridized carbons (Fsp3) is 0.800. The van der Waals surface area contributed by atoms with Crippen molar-refractivity contribution in [3.8, 4) is 0 Å². The number of amidine groups is 1. The highest BCUT2D eigenvalue weighted by molar-refractivity contribution is 5.82. The topological polar surface area (TPSA) is 65.4 Å². The molecule has 1 fully saturated rings. The minimum Gasteiger partial charge on any atom is -0.383 e. The molecule has 1 saturated heterocycles. The van der Waals surface area contributed by atoms with Gasteiger partial charge in [-0.3, -0.25) is 10.2 Å². The van der Waals surface area contributed by atoms with Crippen LogP contribution in [-0.2, 0) is 9.53 Å². The lowest BCUT2D eigenvalue weighted by molar-refractivity contribution is -0.121. The van der Waals surface area contributed by atoms with Crippen molar-refractivity contribution >= 4 is 11.7 Å². The third-order valence-corrected chi connectivity index (χ3v) is 2.46. The number of ether oxygens (including phenoxy) is 1. The summed E-state index contributed by atoms with van der Waals surface area (Å²) >= 11 is 0. The number of hydrogen-bond donors (Lipinski definition) is 2. The summed E-state index contributed by atoms with van der Waals surface area (Å²) in [5, 5.41) is 10.4. The Bertz CT molecular complexity index is 231. The summed E-state index contributed by atoms with van der Waals surface area (Å²) in [6.45, 7) is 2.69. The van der Waals surface area contributed by atoms with Crippen LogP contribution in [0.2, 0.25) is 0 Å². The third kappa shape index (κ3) is 4.29. The molecule has 1 aliphatic heterocycles. The average molecular weight is 213 g/mol. The Morgan fingerprint density at radius 1 is 1.67 bits per heavy atom. The molecule has 0 bridgehead atoms. The predicted molar refractivity (Wildman–Crippen MR) is 58.0 cm³/mol. The van der Waals surface area contributed by atoms with Crippen molar-refractivity contribution in [2.45, 2.75) is 19.3 Å². The van der Waals surface area contributed by atoms with Gasteiger partial charge in [-0.25, -0.2) is 0 Å². The molecule has 0 spiro atoms. The van der Waals surface area contributed by atoms with Crippen LogP contribution in [0.1, 0.15) is 19.3 Å². The first-order valence-electron chi connectivity index (χ1n) is 5.32. The first-order chi connectivity index (χ1) is 7.24. The van der Waals surface area contributed by atoms with Crippen molar-refractivity contribution in [3.63, 3.8) is 0 Å². The molecule has 0 aliphatic carbocycles. The molecule has 1 aliphatic rings. The van der Waals surface area contributed by atoms with Gasteiger partial charge in [0.25, 0.3) is 0 Å². The molecule has 86 valence electrons. The standard InChI is InChI=1S/C10H19N3O2/c1-15-8-5-12-10(14)4-7-13-6-2-3-9(13)11/h11H,2-8H2,1H3,(H,12,14).